The summed E-state index contributed by atoms with van der Waals surface area (Å²) in [6.45, 7) is 3.53. The zero-order chi connectivity index (χ0) is 12.8. The van der Waals surface area contributed by atoms with E-state index in [2.05, 4.69) is 20.8 Å². The molecule has 5 nitrogen and oxygen atoms in total. The summed E-state index contributed by atoms with van der Waals surface area (Å²) in [4.78, 5) is 12.7. The van der Waals surface area contributed by atoms with Gasteiger partial charge in [-0.1, -0.05) is 15.9 Å². The molecule has 18 heavy (non-hydrogen) atoms. The van der Waals surface area contributed by atoms with Crippen molar-refractivity contribution >= 4 is 27.3 Å². The maximum absolute atomic E-state index is 10.9. The second kappa shape index (κ2) is 4.20. The third-order valence-electron chi connectivity index (χ3n) is 3.56. The lowest BCUT2D eigenvalue weighted by Crippen LogP contribution is -2.66. The summed E-state index contributed by atoms with van der Waals surface area (Å²) >= 11 is 3.35. The molecule has 2 aliphatic heterocycles. The Bertz CT molecular complexity index is 494. The molecule has 0 amide bonds. The average molecular weight is 313 g/mol. The highest BCUT2D eigenvalue weighted by Gasteiger charge is 2.49. The van der Waals surface area contributed by atoms with E-state index in [9.17, 15) is 10.1 Å². The quantitative estimate of drug-likeness (QED) is 0.488. The van der Waals surface area contributed by atoms with Gasteiger partial charge >= 0.3 is 0 Å². The molecule has 96 valence electrons. The molecule has 0 aromatic heterocycles. The predicted molar refractivity (Wildman–Crippen MR) is 71.2 cm³/mol. The van der Waals surface area contributed by atoms with Gasteiger partial charge in [0.05, 0.1) is 23.6 Å². The molecule has 0 radical (unpaired) electrons. The van der Waals surface area contributed by atoms with Gasteiger partial charge < -0.3 is 9.64 Å². The van der Waals surface area contributed by atoms with Crippen molar-refractivity contribution in [2.24, 2.45) is 5.41 Å². The van der Waals surface area contributed by atoms with Crippen LogP contribution in [0.2, 0.25) is 0 Å². The first-order valence-corrected chi connectivity index (χ1v) is 6.91. The van der Waals surface area contributed by atoms with Gasteiger partial charge in [-0.05, 0) is 11.6 Å². The summed E-state index contributed by atoms with van der Waals surface area (Å²) in [7, 11) is 0. The van der Waals surface area contributed by atoms with Crippen molar-refractivity contribution < 1.29 is 9.66 Å². The van der Waals surface area contributed by atoms with Crippen molar-refractivity contribution in [1.82, 2.24) is 0 Å². The van der Waals surface area contributed by atoms with Gasteiger partial charge in [-0.3, -0.25) is 10.1 Å². The topological polar surface area (TPSA) is 55.6 Å². The zero-order valence-corrected chi connectivity index (χ0v) is 11.4. The number of nitro groups is 1. The number of rotatable bonds is 3. The maximum atomic E-state index is 10.9. The summed E-state index contributed by atoms with van der Waals surface area (Å²) in [5.74, 6) is 0. The number of nitro benzene ring substituents is 1. The van der Waals surface area contributed by atoms with Gasteiger partial charge in [0.25, 0.3) is 5.69 Å². The zero-order valence-electron chi connectivity index (χ0n) is 9.76. The molecule has 0 saturated carbocycles. The van der Waals surface area contributed by atoms with Crippen molar-refractivity contribution in [3.8, 4) is 0 Å². The van der Waals surface area contributed by atoms with Gasteiger partial charge in [0, 0.05) is 36.2 Å². The number of alkyl halides is 1. The van der Waals surface area contributed by atoms with Crippen LogP contribution in [0.15, 0.2) is 18.2 Å². The monoisotopic (exact) mass is 312 g/mol. The molecular formula is C12H13BrN2O3. The largest absolute Gasteiger partial charge is 0.380 e. The third kappa shape index (κ3) is 1.89. The van der Waals surface area contributed by atoms with Crippen molar-refractivity contribution in [3.63, 3.8) is 0 Å². The van der Waals surface area contributed by atoms with Crippen LogP contribution in [0.5, 0.6) is 0 Å². The number of nitrogens with zero attached hydrogens (tertiary/aromatic N) is 2. The summed E-state index contributed by atoms with van der Waals surface area (Å²) < 4.78 is 5.23. The normalized spacial score (nSPS) is 20.4. The Labute approximate surface area is 113 Å². The lowest BCUT2D eigenvalue weighted by atomic mass is 9.77. The van der Waals surface area contributed by atoms with Crippen LogP contribution in [0, 0.1) is 15.5 Å². The van der Waals surface area contributed by atoms with Crippen LogP contribution in [-0.4, -0.2) is 31.2 Å². The standard InChI is InChI=1S/C12H13BrN2O3/c13-4-9-1-10(3-11(2-9)15(16)17)14-5-12(6-14)7-18-8-12/h1-3H,4-8H2. The van der Waals surface area contributed by atoms with Crippen LogP contribution in [-0.2, 0) is 10.1 Å². The van der Waals surface area contributed by atoms with E-state index in [0.29, 0.717) is 10.7 Å². The van der Waals surface area contributed by atoms with E-state index in [1.807, 2.05) is 6.07 Å². The van der Waals surface area contributed by atoms with Gasteiger partial charge in [-0.2, -0.15) is 0 Å². The molecule has 2 heterocycles. The van der Waals surface area contributed by atoms with Crippen LogP contribution in [0.1, 0.15) is 5.56 Å². The third-order valence-corrected chi connectivity index (χ3v) is 4.21. The summed E-state index contributed by atoms with van der Waals surface area (Å²) in [6.07, 6.45) is 0. The fourth-order valence-electron chi connectivity index (χ4n) is 2.54. The predicted octanol–water partition coefficient (Wildman–Crippen LogP) is 2.33. The van der Waals surface area contributed by atoms with Gasteiger partial charge in [-0.15, -0.1) is 0 Å². The van der Waals surface area contributed by atoms with E-state index in [4.69, 9.17) is 4.74 Å². The Kier molecular flexibility index (Phi) is 2.79. The molecule has 2 aliphatic rings. The molecule has 0 atom stereocenters. The van der Waals surface area contributed by atoms with Crippen molar-refractivity contribution in [1.29, 1.82) is 0 Å². The molecule has 0 bridgehead atoms. The number of halogens is 1. The minimum atomic E-state index is -0.336. The number of hydrogen-bond acceptors (Lipinski definition) is 4. The average Bonchev–Trinajstić information content (AvgIpc) is 2.24. The van der Waals surface area contributed by atoms with E-state index >= 15 is 0 Å². The van der Waals surface area contributed by atoms with E-state index < -0.39 is 0 Å². The molecule has 0 aliphatic carbocycles. The smallest absolute Gasteiger partial charge is 0.271 e. The van der Waals surface area contributed by atoms with Crippen molar-refractivity contribution in [2.75, 3.05) is 31.2 Å². The Balaban J connectivity index is 1.83. The van der Waals surface area contributed by atoms with Crippen LogP contribution in [0.3, 0.4) is 0 Å². The first-order chi connectivity index (χ1) is 8.62. The molecule has 1 aromatic carbocycles. The first-order valence-electron chi connectivity index (χ1n) is 5.79. The van der Waals surface area contributed by atoms with Gasteiger partial charge in [-0.25, -0.2) is 0 Å². The lowest BCUT2D eigenvalue weighted by Gasteiger charge is -2.56. The van der Waals surface area contributed by atoms with E-state index in [1.165, 1.54) is 0 Å². The number of hydrogen-bond donors (Lipinski definition) is 0. The van der Waals surface area contributed by atoms with E-state index in [-0.39, 0.29) is 10.6 Å². The lowest BCUT2D eigenvalue weighted by molar-refractivity contribution is -0.384. The van der Waals surface area contributed by atoms with Crippen molar-refractivity contribution in [2.45, 2.75) is 5.33 Å². The van der Waals surface area contributed by atoms with Crippen LogP contribution in [0.4, 0.5) is 11.4 Å². The van der Waals surface area contributed by atoms with E-state index in [1.54, 1.807) is 12.1 Å². The number of non-ortho nitro benzene ring substituents is 1. The number of ether oxygens (including phenoxy) is 1. The van der Waals surface area contributed by atoms with E-state index in [0.717, 1.165) is 37.6 Å². The molecule has 2 saturated heterocycles. The second-order valence-corrected chi connectivity index (χ2v) is 5.66. The molecule has 0 N–H and O–H groups in total. The van der Waals surface area contributed by atoms with Crippen LogP contribution >= 0.6 is 15.9 Å². The Morgan fingerprint density at radius 3 is 2.61 bits per heavy atom. The number of anilines is 1. The summed E-state index contributed by atoms with van der Waals surface area (Å²) in [5, 5.41) is 11.5. The maximum Gasteiger partial charge on any atom is 0.271 e. The molecule has 1 spiro atoms. The minimum Gasteiger partial charge on any atom is -0.380 e. The molecular weight excluding hydrogens is 300 g/mol. The highest BCUT2D eigenvalue weighted by Crippen LogP contribution is 2.41. The SMILES string of the molecule is O=[N+]([O-])c1cc(CBr)cc(N2CC3(COC3)C2)c1. The molecule has 1 aromatic rings. The van der Waals surface area contributed by atoms with Gasteiger partial charge in [0.1, 0.15) is 0 Å². The molecule has 0 unspecified atom stereocenters. The summed E-state index contributed by atoms with van der Waals surface area (Å²) in [6, 6.07) is 5.27. The minimum absolute atomic E-state index is 0.160. The van der Waals surface area contributed by atoms with Crippen LogP contribution in [0.25, 0.3) is 0 Å². The highest BCUT2D eigenvalue weighted by molar-refractivity contribution is 9.08. The summed E-state index contributed by atoms with van der Waals surface area (Å²) in [5.41, 5.74) is 2.35. The fraction of sp³-hybridized carbons (Fsp3) is 0.500. The Morgan fingerprint density at radius 2 is 2.11 bits per heavy atom. The highest BCUT2D eigenvalue weighted by atomic mass is 79.9. The first kappa shape index (κ1) is 11.9. The van der Waals surface area contributed by atoms with Crippen LogP contribution < -0.4 is 4.90 Å². The molecule has 2 fully saturated rings. The number of benzene rings is 1. The molecule has 3 rings (SSSR count). The molecule has 6 heteroatoms. The van der Waals surface area contributed by atoms with Gasteiger partial charge in [0.15, 0.2) is 0 Å². The van der Waals surface area contributed by atoms with Gasteiger partial charge in [0.2, 0.25) is 0 Å². The van der Waals surface area contributed by atoms with Crippen molar-refractivity contribution in [3.05, 3.63) is 33.9 Å². The fourth-order valence-corrected chi connectivity index (χ4v) is 2.86. The Hall–Kier alpha value is -1.14. The second-order valence-electron chi connectivity index (χ2n) is 5.10. The Morgan fingerprint density at radius 1 is 1.39 bits per heavy atom.